The van der Waals surface area contributed by atoms with Gasteiger partial charge >= 0.3 is 0 Å². The van der Waals surface area contributed by atoms with E-state index in [-0.39, 0.29) is 12.1 Å². The van der Waals surface area contributed by atoms with Gasteiger partial charge in [-0.15, -0.1) is 0 Å². The van der Waals surface area contributed by atoms with Crippen molar-refractivity contribution in [3.05, 3.63) is 42.2 Å². The van der Waals surface area contributed by atoms with E-state index in [1.165, 1.54) is 16.3 Å². The predicted molar refractivity (Wildman–Crippen MR) is 79.2 cm³/mol. The number of ether oxygens (including phenoxy) is 1. The number of likely N-dealkylation sites (N-methyl/N-ethyl adjacent to an activating group) is 1. The highest BCUT2D eigenvalue weighted by Crippen LogP contribution is 2.28. The first-order valence-electron chi connectivity index (χ1n) is 6.93. The monoisotopic (exact) mass is 258 g/mol. The normalized spacial score (nSPS) is 14.5. The highest BCUT2D eigenvalue weighted by Gasteiger charge is 2.22. The number of fused-ring (bicyclic) bond motifs is 1. The van der Waals surface area contributed by atoms with Crippen LogP contribution >= 0.6 is 0 Å². The molecule has 1 aromatic heterocycles. The van der Waals surface area contributed by atoms with Gasteiger partial charge in [0.25, 0.3) is 0 Å². The molecule has 0 aliphatic carbocycles. The average molecular weight is 258 g/mol. The van der Waals surface area contributed by atoms with Crippen LogP contribution in [-0.4, -0.2) is 24.7 Å². The van der Waals surface area contributed by atoms with E-state index in [1.807, 2.05) is 26.4 Å². The lowest BCUT2D eigenvalue weighted by atomic mass is 9.95. The van der Waals surface area contributed by atoms with Gasteiger partial charge in [0, 0.05) is 24.4 Å². The predicted octanol–water partition coefficient (Wildman–Crippen LogP) is 3.31. The van der Waals surface area contributed by atoms with Crippen molar-refractivity contribution in [1.29, 1.82) is 0 Å². The van der Waals surface area contributed by atoms with Gasteiger partial charge in [-0.05, 0) is 37.4 Å². The van der Waals surface area contributed by atoms with Crippen molar-refractivity contribution in [3.63, 3.8) is 0 Å². The second kappa shape index (κ2) is 6.64. The van der Waals surface area contributed by atoms with E-state index in [0.717, 1.165) is 13.0 Å². The Labute approximate surface area is 115 Å². The van der Waals surface area contributed by atoms with Gasteiger partial charge in [0.15, 0.2) is 0 Å². The van der Waals surface area contributed by atoms with E-state index in [2.05, 4.69) is 41.5 Å². The highest BCUT2D eigenvalue weighted by molar-refractivity contribution is 5.85. The summed E-state index contributed by atoms with van der Waals surface area (Å²) in [7, 11) is 1.99. The molecule has 0 saturated heterocycles. The van der Waals surface area contributed by atoms with Crippen molar-refractivity contribution in [2.24, 2.45) is 0 Å². The lowest BCUT2D eigenvalue weighted by Crippen LogP contribution is -2.31. The molecule has 1 N–H and O–H groups in total. The standard InChI is InChI=1S/C16H22N2O/c1-4-15(19-5-2)16(17-3)14-8-6-7-12-11-18-10-9-13(12)14/h6-11,15-17H,4-5H2,1-3H3. The average Bonchev–Trinajstić information content (AvgIpc) is 2.47. The quantitative estimate of drug-likeness (QED) is 0.863. The zero-order valence-corrected chi connectivity index (χ0v) is 11.9. The zero-order chi connectivity index (χ0) is 13.7. The highest BCUT2D eigenvalue weighted by atomic mass is 16.5. The van der Waals surface area contributed by atoms with Gasteiger partial charge < -0.3 is 10.1 Å². The number of pyridine rings is 1. The van der Waals surface area contributed by atoms with Crippen LogP contribution in [0.2, 0.25) is 0 Å². The zero-order valence-electron chi connectivity index (χ0n) is 11.9. The molecule has 102 valence electrons. The van der Waals surface area contributed by atoms with Crippen LogP contribution in [-0.2, 0) is 4.74 Å². The number of nitrogens with one attached hydrogen (secondary N) is 1. The molecule has 19 heavy (non-hydrogen) atoms. The Morgan fingerprint density at radius 1 is 1.26 bits per heavy atom. The first-order valence-corrected chi connectivity index (χ1v) is 6.93. The molecule has 0 fully saturated rings. The minimum Gasteiger partial charge on any atom is -0.377 e. The fraction of sp³-hybridized carbons (Fsp3) is 0.438. The Balaban J connectivity index is 2.45. The van der Waals surface area contributed by atoms with Gasteiger partial charge in [0.2, 0.25) is 0 Å². The summed E-state index contributed by atoms with van der Waals surface area (Å²) in [6.45, 7) is 4.95. The van der Waals surface area contributed by atoms with Crippen LogP contribution in [0.1, 0.15) is 31.9 Å². The van der Waals surface area contributed by atoms with Gasteiger partial charge in [-0.25, -0.2) is 0 Å². The van der Waals surface area contributed by atoms with Crippen molar-refractivity contribution in [3.8, 4) is 0 Å². The van der Waals surface area contributed by atoms with Crippen molar-refractivity contribution >= 4 is 10.8 Å². The van der Waals surface area contributed by atoms with Gasteiger partial charge in [-0.3, -0.25) is 4.98 Å². The van der Waals surface area contributed by atoms with E-state index in [9.17, 15) is 0 Å². The van der Waals surface area contributed by atoms with Crippen molar-refractivity contribution in [1.82, 2.24) is 10.3 Å². The van der Waals surface area contributed by atoms with Gasteiger partial charge in [0.05, 0.1) is 12.1 Å². The Morgan fingerprint density at radius 2 is 2.11 bits per heavy atom. The third-order valence-corrected chi connectivity index (χ3v) is 3.52. The molecule has 2 atom stereocenters. The van der Waals surface area contributed by atoms with Crippen LogP contribution in [0.25, 0.3) is 10.8 Å². The Morgan fingerprint density at radius 3 is 2.79 bits per heavy atom. The second-order valence-corrected chi connectivity index (χ2v) is 4.61. The Bertz CT molecular complexity index is 522. The molecule has 0 bridgehead atoms. The van der Waals surface area contributed by atoms with Gasteiger partial charge in [0.1, 0.15) is 0 Å². The van der Waals surface area contributed by atoms with Crippen LogP contribution in [0.4, 0.5) is 0 Å². The van der Waals surface area contributed by atoms with Gasteiger partial charge in [-0.2, -0.15) is 0 Å². The summed E-state index contributed by atoms with van der Waals surface area (Å²) in [5.74, 6) is 0. The molecule has 1 aromatic carbocycles. The van der Waals surface area contributed by atoms with Gasteiger partial charge in [-0.1, -0.05) is 25.1 Å². The molecule has 0 radical (unpaired) electrons. The molecule has 0 aliphatic rings. The molecule has 1 heterocycles. The van der Waals surface area contributed by atoms with E-state index >= 15 is 0 Å². The molecule has 2 aromatic rings. The van der Waals surface area contributed by atoms with Crippen LogP contribution in [0, 0.1) is 0 Å². The third-order valence-electron chi connectivity index (χ3n) is 3.52. The van der Waals surface area contributed by atoms with Crippen LogP contribution in [0.5, 0.6) is 0 Å². The SMILES string of the molecule is CCOC(CC)C(NC)c1cccc2cnccc12. The van der Waals surface area contributed by atoms with Crippen molar-refractivity contribution in [2.75, 3.05) is 13.7 Å². The molecule has 3 nitrogen and oxygen atoms in total. The molecule has 3 heteroatoms. The summed E-state index contributed by atoms with van der Waals surface area (Å²) >= 11 is 0. The summed E-state index contributed by atoms with van der Waals surface area (Å²) in [6, 6.07) is 8.64. The smallest absolute Gasteiger partial charge is 0.0767 e. The molecular weight excluding hydrogens is 236 g/mol. The molecule has 0 saturated carbocycles. The minimum atomic E-state index is 0.189. The maximum absolute atomic E-state index is 5.87. The number of benzene rings is 1. The maximum Gasteiger partial charge on any atom is 0.0767 e. The topological polar surface area (TPSA) is 34.1 Å². The summed E-state index contributed by atoms with van der Waals surface area (Å²) in [4.78, 5) is 4.19. The van der Waals surface area contributed by atoms with Crippen molar-refractivity contribution < 1.29 is 4.74 Å². The summed E-state index contributed by atoms with van der Waals surface area (Å²) in [5.41, 5.74) is 1.28. The number of nitrogens with zero attached hydrogens (tertiary/aromatic N) is 1. The number of hydrogen-bond acceptors (Lipinski definition) is 3. The molecule has 0 spiro atoms. The fourth-order valence-corrected chi connectivity index (χ4v) is 2.62. The summed E-state index contributed by atoms with van der Waals surface area (Å²) in [5, 5.41) is 5.82. The van der Waals surface area contributed by atoms with Crippen LogP contribution < -0.4 is 5.32 Å². The first-order chi connectivity index (χ1) is 9.31. The molecule has 2 unspecified atom stereocenters. The van der Waals surface area contributed by atoms with E-state index in [1.54, 1.807) is 0 Å². The fourth-order valence-electron chi connectivity index (χ4n) is 2.62. The maximum atomic E-state index is 5.87. The number of aromatic nitrogens is 1. The van der Waals surface area contributed by atoms with Crippen LogP contribution in [0.3, 0.4) is 0 Å². The molecule has 2 rings (SSSR count). The molecule has 0 aliphatic heterocycles. The lowest BCUT2D eigenvalue weighted by molar-refractivity contribution is 0.0337. The first kappa shape index (κ1) is 14.0. The number of hydrogen-bond donors (Lipinski definition) is 1. The van der Waals surface area contributed by atoms with Crippen molar-refractivity contribution in [2.45, 2.75) is 32.4 Å². The van der Waals surface area contributed by atoms with Crippen LogP contribution in [0.15, 0.2) is 36.7 Å². The largest absolute Gasteiger partial charge is 0.377 e. The molecular formula is C16H22N2O. The summed E-state index contributed by atoms with van der Waals surface area (Å²) in [6.07, 6.45) is 4.93. The second-order valence-electron chi connectivity index (χ2n) is 4.61. The van der Waals surface area contributed by atoms with E-state index in [0.29, 0.717) is 0 Å². The minimum absolute atomic E-state index is 0.189. The van der Waals surface area contributed by atoms with E-state index < -0.39 is 0 Å². The third kappa shape index (κ3) is 2.94. The lowest BCUT2D eigenvalue weighted by Gasteiger charge is -2.27. The summed E-state index contributed by atoms with van der Waals surface area (Å²) < 4.78 is 5.87. The number of rotatable bonds is 6. The van der Waals surface area contributed by atoms with E-state index in [4.69, 9.17) is 4.74 Å². The Hall–Kier alpha value is -1.45. The Kier molecular flexibility index (Phi) is 4.88. The molecule has 0 amide bonds.